The van der Waals surface area contributed by atoms with Crippen LogP contribution in [0.25, 0.3) is 0 Å². The summed E-state index contributed by atoms with van der Waals surface area (Å²) in [5.41, 5.74) is -3.02. The van der Waals surface area contributed by atoms with E-state index in [1.165, 1.54) is 19.3 Å². The number of hydrogen-bond acceptors (Lipinski definition) is 4. The molecule has 0 bridgehead atoms. The Labute approximate surface area is 191 Å². The number of esters is 2. The molecule has 0 amide bonds. The summed E-state index contributed by atoms with van der Waals surface area (Å²) in [6, 6.07) is 0. The summed E-state index contributed by atoms with van der Waals surface area (Å²) in [7, 11) is 0. The molecule has 0 spiro atoms. The number of carbonyl (C=O) groups excluding carboxylic acids is 2. The van der Waals surface area contributed by atoms with Crippen LogP contribution < -0.4 is 0 Å². The van der Waals surface area contributed by atoms with Gasteiger partial charge in [-0.15, -0.1) is 0 Å². The molecule has 0 fully saturated rings. The van der Waals surface area contributed by atoms with Crippen LogP contribution in [0, 0.1) is 34.5 Å². The first-order valence-corrected chi connectivity index (χ1v) is 11.5. The molecule has 0 saturated carbocycles. The summed E-state index contributed by atoms with van der Waals surface area (Å²) in [5.74, 6) is -12.7. The van der Waals surface area contributed by atoms with Gasteiger partial charge in [0.1, 0.15) is 6.61 Å². The molecule has 1 aromatic carbocycles. The molecule has 4 nitrogen and oxygen atoms in total. The van der Waals surface area contributed by atoms with E-state index < -0.39 is 58.6 Å². The molecule has 0 aliphatic rings. The topological polar surface area (TPSA) is 52.6 Å². The maximum absolute atomic E-state index is 13.8. The molecule has 0 saturated heterocycles. The molecule has 0 aromatic heterocycles. The lowest BCUT2D eigenvalue weighted by molar-refractivity contribution is -0.174. The van der Waals surface area contributed by atoms with Gasteiger partial charge >= 0.3 is 11.9 Å². The number of hydrogen-bond donors (Lipinski definition) is 0. The number of unbranched alkanes of at least 4 members (excludes halogenated alkanes) is 7. The van der Waals surface area contributed by atoms with E-state index in [2.05, 4.69) is 6.92 Å². The summed E-state index contributed by atoms with van der Waals surface area (Å²) in [4.78, 5) is 25.3. The SMILES string of the molecule is CCCCCCCCCCOC(=O)C(CC)(CC)C(=O)OCc1c(F)c(F)c(F)c(F)c1F. The third kappa shape index (κ3) is 7.40. The molecule has 0 unspecified atom stereocenters. The molecule has 0 atom stereocenters. The van der Waals surface area contributed by atoms with Crippen molar-refractivity contribution in [2.45, 2.75) is 91.6 Å². The van der Waals surface area contributed by atoms with Gasteiger partial charge in [0, 0.05) is 0 Å². The molecule has 0 aliphatic carbocycles. The van der Waals surface area contributed by atoms with Crippen molar-refractivity contribution in [1.82, 2.24) is 0 Å². The molecule has 188 valence electrons. The van der Waals surface area contributed by atoms with Crippen LogP contribution in [-0.2, 0) is 25.7 Å². The number of carbonyl (C=O) groups is 2. The molecule has 0 heterocycles. The Morgan fingerprint density at radius 2 is 1.06 bits per heavy atom. The van der Waals surface area contributed by atoms with E-state index in [1.807, 2.05) is 0 Å². The standard InChI is InChI=1S/C24H33F5O4/c1-4-7-8-9-10-11-12-13-14-32-22(30)24(5-2,6-3)23(31)33-15-16-17(25)19(27)21(29)20(28)18(16)26/h4-15H2,1-3H3. The molecule has 0 radical (unpaired) electrons. The summed E-state index contributed by atoms with van der Waals surface area (Å²) in [6.07, 6.45) is 8.34. The summed E-state index contributed by atoms with van der Waals surface area (Å²) in [5, 5.41) is 0. The van der Waals surface area contributed by atoms with Crippen LogP contribution in [0.5, 0.6) is 0 Å². The predicted octanol–water partition coefficient (Wildman–Crippen LogP) is 6.92. The average molecular weight is 481 g/mol. The van der Waals surface area contributed by atoms with Crippen molar-refractivity contribution in [1.29, 1.82) is 0 Å². The number of ether oxygens (including phenoxy) is 2. The Morgan fingerprint density at radius 3 is 1.55 bits per heavy atom. The lowest BCUT2D eigenvalue weighted by Crippen LogP contribution is -2.41. The van der Waals surface area contributed by atoms with Gasteiger partial charge < -0.3 is 9.47 Å². The summed E-state index contributed by atoms with van der Waals surface area (Å²) in [6.45, 7) is 4.13. The van der Waals surface area contributed by atoms with E-state index in [-0.39, 0.29) is 19.4 Å². The van der Waals surface area contributed by atoms with Gasteiger partial charge in [-0.25, -0.2) is 22.0 Å². The van der Waals surface area contributed by atoms with Gasteiger partial charge in [0.2, 0.25) is 5.82 Å². The largest absolute Gasteiger partial charge is 0.465 e. The van der Waals surface area contributed by atoms with Gasteiger partial charge in [0.25, 0.3) is 0 Å². The Morgan fingerprint density at radius 1 is 0.636 bits per heavy atom. The average Bonchev–Trinajstić information content (AvgIpc) is 2.81. The number of halogens is 5. The second-order valence-electron chi connectivity index (χ2n) is 8.02. The van der Waals surface area contributed by atoms with Crippen molar-refractivity contribution in [2.75, 3.05) is 6.61 Å². The number of benzene rings is 1. The maximum Gasteiger partial charge on any atom is 0.323 e. The van der Waals surface area contributed by atoms with Gasteiger partial charge in [-0.05, 0) is 19.3 Å². The summed E-state index contributed by atoms with van der Waals surface area (Å²) >= 11 is 0. The van der Waals surface area contributed by atoms with E-state index in [4.69, 9.17) is 9.47 Å². The molecule has 1 aromatic rings. The first kappa shape index (κ1) is 28.8. The van der Waals surface area contributed by atoms with Crippen molar-refractivity contribution < 1.29 is 41.0 Å². The third-order valence-electron chi connectivity index (χ3n) is 5.87. The van der Waals surface area contributed by atoms with Crippen LogP contribution in [0.15, 0.2) is 0 Å². The molecular formula is C24H33F5O4. The summed E-state index contributed by atoms with van der Waals surface area (Å²) < 4.78 is 77.6. The molecule has 0 aliphatic heterocycles. The van der Waals surface area contributed by atoms with E-state index >= 15 is 0 Å². The highest BCUT2D eigenvalue weighted by molar-refractivity contribution is 6.00. The zero-order chi connectivity index (χ0) is 25.0. The maximum atomic E-state index is 13.8. The molecular weight excluding hydrogens is 447 g/mol. The predicted molar refractivity (Wildman–Crippen MR) is 113 cm³/mol. The van der Waals surface area contributed by atoms with E-state index in [0.717, 1.165) is 25.7 Å². The van der Waals surface area contributed by atoms with Crippen LogP contribution in [-0.4, -0.2) is 18.5 Å². The normalized spacial score (nSPS) is 11.5. The van der Waals surface area contributed by atoms with E-state index in [0.29, 0.717) is 6.42 Å². The van der Waals surface area contributed by atoms with Gasteiger partial charge in [0.05, 0.1) is 12.2 Å². The fourth-order valence-corrected chi connectivity index (χ4v) is 3.50. The first-order chi connectivity index (χ1) is 15.7. The minimum atomic E-state index is -2.30. The lowest BCUT2D eigenvalue weighted by Gasteiger charge is -2.27. The molecule has 0 N–H and O–H groups in total. The van der Waals surface area contributed by atoms with Gasteiger partial charge in [-0.2, -0.15) is 0 Å². The Bertz CT molecular complexity index is 765. The third-order valence-corrected chi connectivity index (χ3v) is 5.87. The van der Waals surface area contributed by atoms with Crippen molar-refractivity contribution in [3.8, 4) is 0 Å². The van der Waals surface area contributed by atoms with Crippen LogP contribution >= 0.6 is 0 Å². The minimum Gasteiger partial charge on any atom is -0.465 e. The first-order valence-electron chi connectivity index (χ1n) is 11.5. The highest BCUT2D eigenvalue weighted by atomic mass is 19.2. The van der Waals surface area contributed by atoms with Crippen LogP contribution in [0.3, 0.4) is 0 Å². The Balaban J connectivity index is 2.68. The molecule has 33 heavy (non-hydrogen) atoms. The van der Waals surface area contributed by atoms with Crippen molar-refractivity contribution in [2.24, 2.45) is 5.41 Å². The zero-order valence-corrected chi connectivity index (χ0v) is 19.5. The monoisotopic (exact) mass is 480 g/mol. The number of rotatable bonds is 15. The van der Waals surface area contributed by atoms with Crippen LogP contribution in [0.1, 0.15) is 90.5 Å². The van der Waals surface area contributed by atoms with E-state index in [9.17, 15) is 31.5 Å². The van der Waals surface area contributed by atoms with Crippen LogP contribution in [0.2, 0.25) is 0 Å². The Kier molecular flexibility index (Phi) is 12.4. The van der Waals surface area contributed by atoms with Gasteiger partial charge in [0.15, 0.2) is 28.7 Å². The molecule has 1 rings (SSSR count). The van der Waals surface area contributed by atoms with Crippen molar-refractivity contribution >= 4 is 11.9 Å². The highest BCUT2D eigenvalue weighted by Crippen LogP contribution is 2.31. The van der Waals surface area contributed by atoms with Gasteiger partial charge in [-0.1, -0.05) is 65.7 Å². The van der Waals surface area contributed by atoms with Crippen LogP contribution in [0.4, 0.5) is 22.0 Å². The Hall–Kier alpha value is -2.19. The smallest absolute Gasteiger partial charge is 0.323 e. The second kappa shape index (κ2) is 14.2. The second-order valence-corrected chi connectivity index (χ2v) is 8.02. The zero-order valence-electron chi connectivity index (χ0n) is 19.5. The lowest BCUT2D eigenvalue weighted by atomic mass is 9.82. The van der Waals surface area contributed by atoms with Crippen molar-refractivity contribution in [3.05, 3.63) is 34.6 Å². The van der Waals surface area contributed by atoms with Crippen molar-refractivity contribution in [3.63, 3.8) is 0 Å². The fourth-order valence-electron chi connectivity index (χ4n) is 3.50. The molecule has 9 heteroatoms. The fraction of sp³-hybridized carbons (Fsp3) is 0.667. The van der Waals surface area contributed by atoms with E-state index in [1.54, 1.807) is 13.8 Å². The quantitative estimate of drug-likeness (QED) is 0.0683. The van der Waals surface area contributed by atoms with Gasteiger partial charge in [-0.3, -0.25) is 9.59 Å². The minimum absolute atomic E-state index is 0.0182. The highest BCUT2D eigenvalue weighted by Gasteiger charge is 2.46.